The van der Waals surface area contributed by atoms with Gasteiger partial charge in [0.2, 0.25) is 0 Å². The number of nitrogens with one attached hydrogen (secondary N) is 1. The molecule has 0 aromatic carbocycles. The Labute approximate surface area is 65.8 Å². The lowest BCUT2D eigenvalue weighted by Gasteiger charge is -2.19. The van der Waals surface area contributed by atoms with Crippen LogP contribution in [-0.4, -0.2) is 35.8 Å². The predicted molar refractivity (Wildman–Crippen MR) is 43.4 cm³/mol. The van der Waals surface area contributed by atoms with E-state index in [1.165, 1.54) is 0 Å². The average Bonchev–Trinajstić information content (AvgIpc) is 1.90. The summed E-state index contributed by atoms with van der Waals surface area (Å²) >= 11 is 1.85. The Bertz CT molecular complexity index is 68.0. The maximum absolute atomic E-state index is 8.63. The van der Waals surface area contributed by atoms with Crippen molar-refractivity contribution in [2.24, 2.45) is 0 Å². The van der Waals surface area contributed by atoms with Crippen LogP contribution in [0.25, 0.3) is 0 Å². The maximum atomic E-state index is 8.63. The third-order valence-electron chi connectivity index (χ3n) is 1.21. The van der Waals surface area contributed by atoms with Gasteiger partial charge in [0.15, 0.2) is 0 Å². The second-order valence-electron chi connectivity index (χ2n) is 1.88. The molecule has 1 saturated heterocycles. The largest absolute Gasteiger partial charge is 0.395 e. The summed E-state index contributed by atoms with van der Waals surface area (Å²) in [6, 6.07) is 0. The summed E-state index contributed by atoms with van der Waals surface area (Å²) in [7, 11) is 0. The number of thioether (sulfide) groups is 1. The SMILES string of the molecule is Cl.OCC1CNCCS1. The summed E-state index contributed by atoms with van der Waals surface area (Å²) in [5.74, 6) is 1.14. The van der Waals surface area contributed by atoms with Crippen molar-refractivity contribution in [2.45, 2.75) is 5.25 Å². The molecule has 1 rings (SSSR count). The third kappa shape index (κ3) is 3.30. The minimum Gasteiger partial charge on any atom is -0.395 e. The highest BCUT2D eigenvalue weighted by molar-refractivity contribution is 8.00. The van der Waals surface area contributed by atoms with E-state index in [9.17, 15) is 0 Å². The molecular weight excluding hydrogens is 158 g/mol. The van der Waals surface area contributed by atoms with Crippen LogP contribution >= 0.6 is 24.2 Å². The fourth-order valence-corrected chi connectivity index (χ4v) is 1.67. The fraction of sp³-hybridized carbons (Fsp3) is 1.00. The lowest BCUT2D eigenvalue weighted by atomic mass is 10.4. The zero-order chi connectivity index (χ0) is 5.82. The summed E-state index contributed by atoms with van der Waals surface area (Å²) in [6.45, 7) is 2.39. The van der Waals surface area contributed by atoms with E-state index < -0.39 is 0 Å². The molecule has 0 spiro atoms. The third-order valence-corrected chi connectivity index (χ3v) is 2.44. The highest BCUT2D eigenvalue weighted by atomic mass is 35.5. The van der Waals surface area contributed by atoms with Crippen LogP contribution in [0.3, 0.4) is 0 Å². The van der Waals surface area contributed by atoms with Gasteiger partial charge in [-0.1, -0.05) is 0 Å². The topological polar surface area (TPSA) is 32.3 Å². The maximum Gasteiger partial charge on any atom is 0.0562 e. The van der Waals surface area contributed by atoms with Crippen LogP contribution in [0.15, 0.2) is 0 Å². The first-order valence-corrected chi connectivity index (χ1v) is 3.91. The molecule has 2 nitrogen and oxygen atoms in total. The Balaban J connectivity index is 0.000000640. The van der Waals surface area contributed by atoms with Crippen LogP contribution in [0.1, 0.15) is 0 Å². The number of aliphatic hydroxyl groups excluding tert-OH is 1. The highest BCUT2D eigenvalue weighted by Gasteiger charge is 2.10. The number of rotatable bonds is 1. The van der Waals surface area contributed by atoms with Crippen LogP contribution in [0.2, 0.25) is 0 Å². The zero-order valence-corrected chi connectivity index (χ0v) is 6.80. The molecule has 1 unspecified atom stereocenters. The molecule has 0 saturated carbocycles. The Morgan fingerprint density at radius 2 is 2.44 bits per heavy atom. The molecule has 0 radical (unpaired) electrons. The van der Waals surface area contributed by atoms with Crippen LogP contribution in [0.4, 0.5) is 0 Å². The standard InChI is InChI=1S/C5H11NOS.ClH/c7-4-5-3-6-1-2-8-5;/h5-7H,1-4H2;1H. The zero-order valence-electron chi connectivity index (χ0n) is 5.17. The molecule has 2 N–H and O–H groups in total. The van der Waals surface area contributed by atoms with Crippen molar-refractivity contribution in [3.8, 4) is 0 Å². The van der Waals surface area contributed by atoms with Gasteiger partial charge < -0.3 is 10.4 Å². The Kier molecular flexibility index (Phi) is 5.69. The van der Waals surface area contributed by atoms with Gasteiger partial charge in [0.1, 0.15) is 0 Å². The second-order valence-corrected chi connectivity index (χ2v) is 3.29. The molecule has 1 aliphatic heterocycles. The smallest absolute Gasteiger partial charge is 0.0562 e. The van der Waals surface area contributed by atoms with Crippen LogP contribution in [-0.2, 0) is 0 Å². The van der Waals surface area contributed by atoms with E-state index in [-0.39, 0.29) is 12.4 Å². The molecule has 0 bridgehead atoms. The molecule has 4 heteroatoms. The van der Waals surface area contributed by atoms with Gasteiger partial charge in [-0.05, 0) is 0 Å². The molecule has 1 heterocycles. The number of halogens is 1. The molecule has 1 aliphatic rings. The molecule has 0 aromatic rings. The van der Waals surface area contributed by atoms with E-state index in [0.717, 1.165) is 18.8 Å². The second kappa shape index (κ2) is 5.35. The number of hydrogen-bond acceptors (Lipinski definition) is 3. The van der Waals surface area contributed by atoms with Gasteiger partial charge in [-0.25, -0.2) is 0 Å². The van der Waals surface area contributed by atoms with Gasteiger partial charge in [0, 0.05) is 24.1 Å². The Hall–Kier alpha value is 0.560. The van der Waals surface area contributed by atoms with E-state index in [1.807, 2.05) is 11.8 Å². The van der Waals surface area contributed by atoms with Crippen LogP contribution in [0.5, 0.6) is 0 Å². The summed E-state index contributed by atoms with van der Waals surface area (Å²) in [6.07, 6.45) is 0. The van der Waals surface area contributed by atoms with Gasteiger partial charge in [0.05, 0.1) is 6.61 Å². The van der Waals surface area contributed by atoms with E-state index in [0.29, 0.717) is 11.9 Å². The lowest BCUT2D eigenvalue weighted by Crippen LogP contribution is -2.34. The van der Waals surface area contributed by atoms with Gasteiger partial charge in [0.25, 0.3) is 0 Å². The molecule has 9 heavy (non-hydrogen) atoms. The molecular formula is C5H12ClNOS. The van der Waals surface area contributed by atoms with Gasteiger partial charge in [-0.3, -0.25) is 0 Å². The number of aliphatic hydroxyl groups is 1. The summed E-state index contributed by atoms with van der Waals surface area (Å²) in [5.41, 5.74) is 0. The monoisotopic (exact) mass is 169 g/mol. The molecule has 1 fully saturated rings. The van der Waals surface area contributed by atoms with Crippen molar-refractivity contribution in [1.82, 2.24) is 5.32 Å². The average molecular weight is 170 g/mol. The Morgan fingerprint density at radius 1 is 1.67 bits per heavy atom. The molecule has 0 amide bonds. The van der Waals surface area contributed by atoms with Crippen molar-refractivity contribution < 1.29 is 5.11 Å². The fourth-order valence-electron chi connectivity index (χ4n) is 0.737. The molecule has 1 atom stereocenters. The first-order valence-electron chi connectivity index (χ1n) is 2.86. The van der Waals surface area contributed by atoms with Crippen LogP contribution in [0, 0.1) is 0 Å². The van der Waals surface area contributed by atoms with Crippen LogP contribution < -0.4 is 5.32 Å². The van der Waals surface area contributed by atoms with Gasteiger partial charge in [-0.15, -0.1) is 12.4 Å². The van der Waals surface area contributed by atoms with Crippen molar-refractivity contribution in [1.29, 1.82) is 0 Å². The highest BCUT2D eigenvalue weighted by Crippen LogP contribution is 2.11. The normalized spacial score (nSPS) is 27.0. The van der Waals surface area contributed by atoms with E-state index >= 15 is 0 Å². The summed E-state index contributed by atoms with van der Waals surface area (Å²) in [5, 5.41) is 12.3. The quantitative estimate of drug-likeness (QED) is 0.585. The Morgan fingerprint density at radius 3 is 2.78 bits per heavy atom. The van der Waals surface area contributed by atoms with Crippen molar-refractivity contribution in [2.75, 3.05) is 25.4 Å². The lowest BCUT2D eigenvalue weighted by molar-refractivity contribution is 0.290. The summed E-state index contributed by atoms with van der Waals surface area (Å²) < 4.78 is 0. The van der Waals surface area contributed by atoms with Crippen molar-refractivity contribution >= 4 is 24.2 Å². The van der Waals surface area contributed by atoms with Crippen molar-refractivity contribution in [3.05, 3.63) is 0 Å². The predicted octanol–water partition coefficient (Wildman–Crippen LogP) is 0.105. The minimum atomic E-state index is 0. The van der Waals surface area contributed by atoms with E-state index in [1.54, 1.807) is 0 Å². The van der Waals surface area contributed by atoms with Gasteiger partial charge >= 0.3 is 0 Å². The molecule has 0 aromatic heterocycles. The molecule has 56 valence electrons. The van der Waals surface area contributed by atoms with E-state index in [4.69, 9.17) is 5.11 Å². The van der Waals surface area contributed by atoms with Gasteiger partial charge in [-0.2, -0.15) is 11.8 Å². The molecule has 0 aliphatic carbocycles. The minimum absolute atomic E-state index is 0. The number of hydrogen-bond donors (Lipinski definition) is 2. The van der Waals surface area contributed by atoms with E-state index in [2.05, 4.69) is 5.32 Å². The first kappa shape index (κ1) is 9.56. The first-order chi connectivity index (χ1) is 3.93. The van der Waals surface area contributed by atoms with Crippen molar-refractivity contribution in [3.63, 3.8) is 0 Å². The summed E-state index contributed by atoms with van der Waals surface area (Å²) in [4.78, 5) is 0.